The lowest BCUT2D eigenvalue weighted by atomic mass is 10.6. The predicted molar refractivity (Wildman–Crippen MR) is 70.9 cm³/mol. The van der Waals surface area contributed by atoms with Crippen LogP contribution in [-0.2, 0) is 22.1 Å². The fourth-order valence-corrected chi connectivity index (χ4v) is 2.16. The number of imidazole rings is 1. The Morgan fingerprint density at radius 2 is 2.35 bits per heavy atom. The van der Waals surface area contributed by atoms with Crippen LogP contribution >= 0.6 is 0 Å². The van der Waals surface area contributed by atoms with Gasteiger partial charge in [0.25, 0.3) is 0 Å². The molecule has 5 nitrogen and oxygen atoms in total. The minimum Gasteiger partial charge on any atom is -0.383 e. The first kappa shape index (κ1) is 14.2. The first-order chi connectivity index (χ1) is 8.17. The number of aryl methyl sites for hydroxylation is 2. The van der Waals surface area contributed by atoms with Crippen LogP contribution in [0.5, 0.6) is 0 Å². The zero-order valence-corrected chi connectivity index (χ0v) is 11.5. The fourth-order valence-electron chi connectivity index (χ4n) is 1.47. The van der Waals surface area contributed by atoms with E-state index in [-0.39, 0.29) is 0 Å². The van der Waals surface area contributed by atoms with Crippen molar-refractivity contribution in [2.24, 2.45) is 0 Å². The van der Waals surface area contributed by atoms with Gasteiger partial charge in [0.15, 0.2) is 0 Å². The Labute approximate surface area is 105 Å². The average Bonchev–Trinajstić information content (AvgIpc) is 2.67. The Kier molecular flexibility index (Phi) is 6.21. The maximum absolute atomic E-state index is 11.4. The van der Waals surface area contributed by atoms with Gasteiger partial charge in [0.1, 0.15) is 0 Å². The Bertz CT molecular complexity index is 366. The predicted octanol–water partition coefficient (Wildman–Crippen LogP) is 1.02. The minimum atomic E-state index is -0.735. The standard InChI is InChI=1S/C11H21N3O2S/c1-4-17(15)8-6-14-9-10(2)13-11(14)12-5-7-16-3/h9H,4-8H2,1-3H3,(H,12,13). The van der Waals surface area contributed by atoms with Crippen molar-refractivity contribution in [3.8, 4) is 0 Å². The highest BCUT2D eigenvalue weighted by molar-refractivity contribution is 7.84. The van der Waals surface area contributed by atoms with Crippen LogP contribution in [-0.4, -0.2) is 45.5 Å². The summed E-state index contributed by atoms with van der Waals surface area (Å²) in [5.74, 6) is 2.21. The van der Waals surface area contributed by atoms with Gasteiger partial charge in [-0.25, -0.2) is 4.98 Å². The summed E-state index contributed by atoms with van der Waals surface area (Å²) in [6, 6.07) is 0. The maximum Gasteiger partial charge on any atom is 0.203 e. The van der Waals surface area contributed by atoms with E-state index in [1.807, 2.05) is 24.6 Å². The summed E-state index contributed by atoms with van der Waals surface area (Å²) in [4.78, 5) is 4.38. The molecule has 0 aliphatic heterocycles. The number of hydrogen-bond donors (Lipinski definition) is 1. The first-order valence-electron chi connectivity index (χ1n) is 5.79. The number of hydrogen-bond acceptors (Lipinski definition) is 4. The van der Waals surface area contributed by atoms with E-state index < -0.39 is 10.8 Å². The molecule has 1 heterocycles. The topological polar surface area (TPSA) is 56.2 Å². The van der Waals surface area contributed by atoms with Crippen molar-refractivity contribution >= 4 is 16.7 Å². The quantitative estimate of drug-likeness (QED) is 0.708. The molecule has 1 aromatic heterocycles. The van der Waals surface area contributed by atoms with E-state index in [0.717, 1.165) is 24.7 Å². The SMILES string of the molecule is CCS(=O)CCn1cc(C)nc1NCCOC. The molecular weight excluding hydrogens is 238 g/mol. The van der Waals surface area contributed by atoms with Gasteiger partial charge in [-0.15, -0.1) is 0 Å². The maximum atomic E-state index is 11.4. The van der Waals surface area contributed by atoms with Crippen molar-refractivity contribution < 1.29 is 8.95 Å². The summed E-state index contributed by atoms with van der Waals surface area (Å²) >= 11 is 0. The van der Waals surface area contributed by atoms with Crippen LogP contribution < -0.4 is 5.32 Å². The van der Waals surface area contributed by atoms with Crippen molar-refractivity contribution in [3.05, 3.63) is 11.9 Å². The van der Waals surface area contributed by atoms with Gasteiger partial charge in [0, 0.05) is 48.7 Å². The van der Waals surface area contributed by atoms with E-state index in [0.29, 0.717) is 18.1 Å². The molecule has 0 bridgehead atoms. The van der Waals surface area contributed by atoms with Gasteiger partial charge in [-0.3, -0.25) is 4.21 Å². The van der Waals surface area contributed by atoms with Crippen LogP contribution in [0.2, 0.25) is 0 Å². The molecule has 1 atom stereocenters. The molecule has 0 amide bonds. The molecule has 1 unspecified atom stereocenters. The number of aromatic nitrogens is 2. The van der Waals surface area contributed by atoms with Gasteiger partial charge in [0.05, 0.1) is 12.3 Å². The number of nitrogens with zero attached hydrogens (tertiary/aromatic N) is 2. The molecule has 0 aromatic carbocycles. The molecule has 0 spiro atoms. The molecule has 0 saturated heterocycles. The highest BCUT2D eigenvalue weighted by atomic mass is 32.2. The van der Waals surface area contributed by atoms with E-state index in [1.54, 1.807) is 7.11 Å². The summed E-state index contributed by atoms with van der Waals surface area (Å²) in [5.41, 5.74) is 0.965. The van der Waals surface area contributed by atoms with Crippen LogP contribution in [0.4, 0.5) is 5.95 Å². The second-order valence-corrected chi connectivity index (χ2v) is 5.62. The van der Waals surface area contributed by atoms with E-state index in [2.05, 4.69) is 10.3 Å². The van der Waals surface area contributed by atoms with Gasteiger partial charge in [-0.1, -0.05) is 6.92 Å². The van der Waals surface area contributed by atoms with Crippen LogP contribution in [0, 0.1) is 6.92 Å². The molecule has 0 aliphatic rings. The van der Waals surface area contributed by atoms with Crippen LogP contribution in [0.1, 0.15) is 12.6 Å². The number of nitrogens with one attached hydrogen (secondary N) is 1. The second-order valence-electron chi connectivity index (χ2n) is 3.75. The number of anilines is 1. The van der Waals surface area contributed by atoms with Crippen molar-refractivity contribution in [3.63, 3.8) is 0 Å². The molecule has 0 fully saturated rings. The lowest BCUT2D eigenvalue weighted by molar-refractivity contribution is 0.210. The zero-order valence-electron chi connectivity index (χ0n) is 10.7. The van der Waals surface area contributed by atoms with Crippen molar-refractivity contribution in [2.75, 3.05) is 37.1 Å². The Hall–Kier alpha value is -0.880. The van der Waals surface area contributed by atoms with Gasteiger partial charge in [0.2, 0.25) is 5.95 Å². The summed E-state index contributed by atoms with van der Waals surface area (Å²) in [7, 11) is 0.936. The molecule has 1 aromatic rings. The zero-order chi connectivity index (χ0) is 12.7. The molecule has 98 valence electrons. The Morgan fingerprint density at radius 1 is 1.59 bits per heavy atom. The largest absolute Gasteiger partial charge is 0.383 e. The highest BCUT2D eigenvalue weighted by Gasteiger charge is 2.06. The van der Waals surface area contributed by atoms with E-state index in [9.17, 15) is 4.21 Å². The van der Waals surface area contributed by atoms with Crippen molar-refractivity contribution in [1.29, 1.82) is 0 Å². The molecule has 0 saturated carbocycles. The highest BCUT2D eigenvalue weighted by Crippen LogP contribution is 2.08. The van der Waals surface area contributed by atoms with Crippen LogP contribution in [0.25, 0.3) is 0 Å². The number of ether oxygens (including phenoxy) is 1. The van der Waals surface area contributed by atoms with E-state index >= 15 is 0 Å². The lowest BCUT2D eigenvalue weighted by Crippen LogP contribution is -2.15. The Balaban J connectivity index is 2.54. The summed E-state index contributed by atoms with van der Waals surface area (Å²) in [6.45, 7) is 6.00. The van der Waals surface area contributed by atoms with Crippen molar-refractivity contribution in [1.82, 2.24) is 9.55 Å². The second kappa shape index (κ2) is 7.45. The fraction of sp³-hybridized carbons (Fsp3) is 0.727. The molecule has 6 heteroatoms. The van der Waals surface area contributed by atoms with E-state index in [1.165, 1.54) is 0 Å². The van der Waals surface area contributed by atoms with Gasteiger partial charge >= 0.3 is 0 Å². The summed E-state index contributed by atoms with van der Waals surface area (Å²) in [5, 5.41) is 3.20. The van der Waals surface area contributed by atoms with E-state index in [4.69, 9.17) is 4.74 Å². The minimum absolute atomic E-state index is 0.646. The third-order valence-corrected chi connectivity index (χ3v) is 3.65. The number of methoxy groups -OCH3 is 1. The normalized spacial score (nSPS) is 12.6. The smallest absolute Gasteiger partial charge is 0.203 e. The summed E-state index contributed by atoms with van der Waals surface area (Å²) < 4.78 is 18.4. The Morgan fingerprint density at radius 3 is 3.00 bits per heavy atom. The average molecular weight is 259 g/mol. The lowest BCUT2D eigenvalue weighted by Gasteiger charge is -2.08. The van der Waals surface area contributed by atoms with Gasteiger partial charge < -0.3 is 14.6 Å². The molecule has 0 radical (unpaired) electrons. The molecule has 1 N–H and O–H groups in total. The van der Waals surface area contributed by atoms with Gasteiger partial charge in [-0.2, -0.15) is 0 Å². The van der Waals surface area contributed by atoms with Crippen molar-refractivity contribution in [2.45, 2.75) is 20.4 Å². The third kappa shape index (κ3) is 4.87. The first-order valence-corrected chi connectivity index (χ1v) is 7.27. The summed E-state index contributed by atoms with van der Waals surface area (Å²) in [6.07, 6.45) is 1.97. The third-order valence-electron chi connectivity index (χ3n) is 2.37. The molecule has 17 heavy (non-hydrogen) atoms. The van der Waals surface area contributed by atoms with Crippen LogP contribution in [0.3, 0.4) is 0 Å². The monoisotopic (exact) mass is 259 g/mol. The van der Waals surface area contributed by atoms with Gasteiger partial charge in [-0.05, 0) is 6.92 Å². The van der Waals surface area contributed by atoms with Crippen LogP contribution in [0.15, 0.2) is 6.20 Å². The number of rotatable bonds is 8. The molecule has 0 aliphatic carbocycles. The molecular formula is C11H21N3O2S. The molecule has 1 rings (SSSR count).